The fourth-order valence-corrected chi connectivity index (χ4v) is 4.57. The van der Waals surface area contributed by atoms with Crippen LogP contribution in [0.25, 0.3) is 5.69 Å². The van der Waals surface area contributed by atoms with E-state index in [-0.39, 0.29) is 12.5 Å². The minimum atomic E-state index is -0.460. The molecule has 0 aliphatic carbocycles. The molecule has 0 aliphatic rings. The van der Waals surface area contributed by atoms with Crippen LogP contribution < -0.4 is 9.47 Å². The molecule has 0 unspecified atom stereocenters. The Balaban J connectivity index is 1.66. The predicted molar refractivity (Wildman–Crippen MR) is 132 cm³/mol. The first kappa shape index (κ1) is 23.4. The van der Waals surface area contributed by atoms with E-state index in [4.69, 9.17) is 9.47 Å². The quantitative estimate of drug-likeness (QED) is 0.325. The average Bonchev–Trinajstić information content (AvgIpc) is 3.29. The van der Waals surface area contributed by atoms with Crippen molar-refractivity contribution in [1.29, 1.82) is 0 Å². The van der Waals surface area contributed by atoms with Crippen molar-refractivity contribution in [2.45, 2.75) is 17.0 Å². The van der Waals surface area contributed by atoms with Gasteiger partial charge in [0.1, 0.15) is 23.4 Å². The second kappa shape index (κ2) is 10.9. The molecule has 7 nitrogen and oxygen atoms in total. The Morgan fingerprint density at radius 3 is 2.15 bits per heavy atom. The summed E-state index contributed by atoms with van der Waals surface area (Å²) in [7, 11) is 5.14. The van der Waals surface area contributed by atoms with Gasteiger partial charge in [-0.25, -0.2) is 0 Å². The highest BCUT2D eigenvalue weighted by Gasteiger charge is 2.27. The lowest BCUT2D eigenvalue weighted by molar-refractivity contribution is -0.128. The number of likely N-dealkylation sites (N-methyl/N-ethyl adjacent to an activating group) is 1. The van der Waals surface area contributed by atoms with E-state index in [2.05, 4.69) is 10.2 Å². The van der Waals surface area contributed by atoms with Gasteiger partial charge < -0.3 is 14.4 Å². The topological polar surface area (TPSA) is 69.5 Å². The maximum atomic E-state index is 13.1. The number of benzene rings is 3. The number of amides is 1. The molecule has 1 aromatic heterocycles. The van der Waals surface area contributed by atoms with Crippen LogP contribution in [0.1, 0.15) is 16.6 Å². The van der Waals surface area contributed by atoms with Gasteiger partial charge in [0.15, 0.2) is 11.0 Å². The fraction of sp³-hybridized carbons (Fsp3) is 0.192. The smallest absolute Gasteiger partial charge is 0.240 e. The maximum absolute atomic E-state index is 13.1. The maximum Gasteiger partial charge on any atom is 0.240 e. The Bertz CT molecular complexity index is 1210. The molecule has 4 rings (SSSR count). The zero-order valence-corrected chi connectivity index (χ0v) is 20.1. The van der Waals surface area contributed by atoms with E-state index >= 15 is 0 Å². The van der Waals surface area contributed by atoms with E-state index in [1.807, 2.05) is 89.5 Å². The number of aromatic nitrogens is 3. The summed E-state index contributed by atoms with van der Waals surface area (Å²) in [6, 6.07) is 26.9. The van der Waals surface area contributed by atoms with Crippen LogP contribution in [0, 0.1) is 0 Å². The zero-order chi connectivity index (χ0) is 23.9. The fourth-order valence-electron chi connectivity index (χ4n) is 3.36. The molecule has 0 saturated carbocycles. The van der Waals surface area contributed by atoms with Crippen LogP contribution in [-0.4, -0.2) is 46.8 Å². The lowest BCUT2D eigenvalue weighted by atomic mass is 10.1. The number of hydrogen-bond acceptors (Lipinski definition) is 6. The van der Waals surface area contributed by atoms with Gasteiger partial charge in [0.05, 0.1) is 7.11 Å². The van der Waals surface area contributed by atoms with E-state index in [0.717, 1.165) is 17.0 Å². The van der Waals surface area contributed by atoms with Gasteiger partial charge in [-0.05, 0) is 42.0 Å². The Labute approximate surface area is 203 Å². The summed E-state index contributed by atoms with van der Waals surface area (Å²) in [6.07, 6.45) is 0. The number of para-hydroxylation sites is 1. The summed E-state index contributed by atoms with van der Waals surface area (Å²) in [6.45, 7) is 0.215. The summed E-state index contributed by atoms with van der Waals surface area (Å²) in [4.78, 5) is 14.7. The van der Waals surface area contributed by atoms with Crippen LogP contribution >= 0.6 is 11.8 Å². The molecule has 8 heteroatoms. The van der Waals surface area contributed by atoms with Crippen LogP contribution in [-0.2, 0) is 11.4 Å². The molecule has 3 aromatic carbocycles. The van der Waals surface area contributed by atoms with Gasteiger partial charge in [0.2, 0.25) is 5.91 Å². The molecule has 1 amide bonds. The van der Waals surface area contributed by atoms with E-state index < -0.39 is 5.25 Å². The SMILES string of the molecule is COc1ccc(OCc2nnc(S[C@H](C(=O)N(C)C)c3ccccc3)n2-c2ccccc2)cc1. The number of methoxy groups -OCH3 is 1. The molecule has 0 aliphatic heterocycles. The number of hydrogen-bond donors (Lipinski definition) is 0. The summed E-state index contributed by atoms with van der Waals surface area (Å²) in [5, 5.41) is 9.01. The summed E-state index contributed by atoms with van der Waals surface area (Å²) < 4.78 is 13.1. The van der Waals surface area contributed by atoms with Crippen molar-refractivity contribution in [1.82, 2.24) is 19.7 Å². The molecule has 4 aromatic rings. The molecule has 0 fully saturated rings. The second-order valence-corrected chi connectivity index (χ2v) is 8.75. The van der Waals surface area contributed by atoms with Crippen LogP contribution in [0.4, 0.5) is 0 Å². The van der Waals surface area contributed by atoms with Crippen LogP contribution in [0.15, 0.2) is 90.1 Å². The summed E-state index contributed by atoms with van der Waals surface area (Å²) in [5.41, 5.74) is 1.80. The number of carbonyl (C=O) groups is 1. The number of rotatable bonds is 9. The van der Waals surface area contributed by atoms with Crippen LogP contribution in [0.5, 0.6) is 11.5 Å². The monoisotopic (exact) mass is 474 g/mol. The number of carbonyl (C=O) groups excluding carboxylic acids is 1. The van der Waals surface area contributed by atoms with E-state index in [0.29, 0.717) is 16.7 Å². The van der Waals surface area contributed by atoms with Crippen LogP contribution in [0.3, 0.4) is 0 Å². The number of thioether (sulfide) groups is 1. The highest BCUT2D eigenvalue weighted by molar-refractivity contribution is 8.00. The molecule has 0 bridgehead atoms. The standard InChI is InChI=1S/C26H26N4O3S/c1-29(2)25(31)24(19-10-6-4-7-11-19)34-26-28-27-23(30(26)20-12-8-5-9-13-20)18-33-22-16-14-21(32-3)15-17-22/h4-17,24H,18H2,1-3H3/t24-/m0/s1. The van der Waals surface area contributed by atoms with Crippen molar-refractivity contribution >= 4 is 17.7 Å². The third kappa shape index (κ3) is 5.40. The average molecular weight is 475 g/mol. The van der Waals surface area contributed by atoms with Crippen molar-refractivity contribution in [3.8, 4) is 17.2 Å². The van der Waals surface area contributed by atoms with Crippen LogP contribution in [0.2, 0.25) is 0 Å². The normalized spacial score (nSPS) is 11.6. The Morgan fingerprint density at radius 1 is 0.912 bits per heavy atom. The third-order valence-corrected chi connectivity index (χ3v) is 6.32. The molecular weight excluding hydrogens is 448 g/mol. The molecular formula is C26H26N4O3S. The molecule has 1 atom stereocenters. The van der Waals surface area contributed by atoms with Gasteiger partial charge >= 0.3 is 0 Å². The highest BCUT2D eigenvalue weighted by atomic mass is 32.2. The summed E-state index contributed by atoms with van der Waals surface area (Å²) in [5.74, 6) is 2.07. The van der Waals surface area contributed by atoms with E-state index in [1.165, 1.54) is 11.8 Å². The van der Waals surface area contributed by atoms with Gasteiger partial charge in [-0.2, -0.15) is 0 Å². The van der Waals surface area contributed by atoms with Crippen molar-refractivity contribution in [3.05, 3.63) is 96.3 Å². The molecule has 34 heavy (non-hydrogen) atoms. The van der Waals surface area contributed by atoms with Gasteiger partial charge in [0.25, 0.3) is 0 Å². The second-order valence-electron chi connectivity index (χ2n) is 7.68. The Morgan fingerprint density at radius 2 is 1.53 bits per heavy atom. The minimum absolute atomic E-state index is 0.0187. The van der Waals surface area contributed by atoms with Gasteiger partial charge in [-0.3, -0.25) is 9.36 Å². The lowest BCUT2D eigenvalue weighted by Crippen LogP contribution is -2.27. The van der Waals surface area contributed by atoms with Crippen molar-refractivity contribution in [2.24, 2.45) is 0 Å². The van der Waals surface area contributed by atoms with Gasteiger partial charge in [-0.1, -0.05) is 60.3 Å². The molecule has 0 saturated heterocycles. The first-order valence-corrected chi connectivity index (χ1v) is 11.6. The van der Waals surface area contributed by atoms with Crippen molar-refractivity contribution in [2.75, 3.05) is 21.2 Å². The molecule has 0 radical (unpaired) electrons. The Kier molecular flexibility index (Phi) is 7.49. The number of ether oxygens (including phenoxy) is 2. The molecule has 0 spiro atoms. The first-order chi connectivity index (χ1) is 16.6. The minimum Gasteiger partial charge on any atom is -0.497 e. The molecule has 0 N–H and O–H groups in total. The third-order valence-electron chi connectivity index (χ3n) is 5.13. The summed E-state index contributed by atoms with van der Waals surface area (Å²) >= 11 is 1.37. The highest BCUT2D eigenvalue weighted by Crippen LogP contribution is 2.37. The van der Waals surface area contributed by atoms with E-state index in [1.54, 1.807) is 26.1 Å². The zero-order valence-electron chi connectivity index (χ0n) is 19.3. The lowest BCUT2D eigenvalue weighted by Gasteiger charge is -2.20. The largest absolute Gasteiger partial charge is 0.497 e. The molecule has 1 heterocycles. The number of nitrogens with zero attached hydrogens (tertiary/aromatic N) is 4. The molecule has 174 valence electrons. The predicted octanol–water partition coefficient (Wildman–Crippen LogP) is 4.78. The van der Waals surface area contributed by atoms with Crippen molar-refractivity contribution in [3.63, 3.8) is 0 Å². The van der Waals surface area contributed by atoms with Gasteiger partial charge in [-0.15, -0.1) is 10.2 Å². The van der Waals surface area contributed by atoms with Crippen molar-refractivity contribution < 1.29 is 14.3 Å². The van der Waals surface area contributed by atoms with Gasteiger partial charge in [0, 0.05) is 19.8 Å². The first-order valence-electron chi connectivity index (χ1n) is 10.8. The van der Waals surface area contributed by atoms with E-state index in [9.17, 15) is 4.79 Å². The Hall–Kier alpha value is -3.78.